The van der Waals surface area contributed by atoms with Gasteiger partial charge >= 0.3 is 5.97 Å². The summed E-state index contributed by atoms with van der Waals surface area (Å²) in [5.74, 6) is -4.81. The third-order valence-corrected chi connectivity index (χ3v) is 5.98. The Balaban J connectivity index is 1.69. The number of ether oxygens (including phenoxy) is 1. The number of para-hydroxylation sites is 1. The number of amides is 1. The molecule has 30 heavy (non-hydrogen) atoms. The minimum atomic E-state index is -1.31. The maximum Gasteiger partial charge on any atom is 0.306 e. The number of fused-ring (bicyclic) bond motifs is 2. The van der Waals surface area contributed by atoms with Gasteiger partial charge in [-0.05, 0) is 25.0 Å². The van der Waals surface area contributed by atoms with E-state index in [2.05, 4.69) is 4.98 Å². The average molecular weight is 434 g/mol. The molecule has 0 radical (unpaired) electrons. The predicted molar refractivity (Wildman–Crippen MR) is 106 cm³/mol. The van der Waals surface area contributed by atoms with Crippen molar-refractivity contribution in [3.8, 4) is 0 Å². The fraction of sp³-hybridized carbons (Fsp3) is 0.286. The number of hydrogen-bond donors (Lipinski definition) is 0. The molecule has 1 aromatic heterocycles. The number of nitrogens with zero attached hydrogens (tertiary/aromatic N) is 2. The zero-order valence-electron chi connectivity index (χ0n) is 16.0. The fourth-order valence-corrected chi connectivity index (χ4v) is 4.57. The van der Waals surface area contributed by atoms with E-state index in [4.69, 9.17) is 4.74 Å². The summed E-state index contributed by atoms with van der Waals surface area (Å²) in [7, 11) is 0. The lowest BCUT2D eigenvalue weighted by Gasteiger charge is -2.33. The highest BCUT2D eigenvalue weighted by Crippen LogP contribution is 2.35. The van der Waals surface area contributed by atoms with E-state index in [1.807, 2.05) is 12.1 Å². The van der Waals surface area contributed by atoms with Crippen molar-refractivity contribution in [2.24, 2.45) is 5.92 Å². The average Bonchev–Trinajstić information content (AvgIpc) is 3.14. The molecule has 1 aliphatic heterocycles. The molecule has 2 heterocycles. The number of rotatable bonds is 5. The Morgan fingerprint density at radius 3 is 2.80 bits per heavy atom. The highest BCUT2D eigenvalue weighted by atomic mass is 32.1. The molecule has 1 atom stereocenters. The molecule has 5 nitrogen and oxygen atoms in total. The molecule has 156 valence electrons. The van der Waals surface area contributed by atoms with Gasteiger partial charge in [0, 0.05) is 11.8 Å². The minimum Gasteiger partial charge on any atom is -0.466 e. The standard InChI is InChI=1S/C21H17F3N2O3S/c1-2-29-17(27)8-12-7-11-5-3-4-6-15(11)26(21(12)28)10-16-25-19-18(24)13(22)9-14(23)20(19)30-16/h3-6,9,12H,2,7-8,10H2,1H3. The van der Waals surface area contributed by atoms with Crippen LogP contribution in [0.4, 0.5) is 18.9 Å². The van der Waals surface area contributed by atoms with E-state index >= 15 is 0 Å². The summed E-state index contributed by atoms with van der Waals surface area (Å²) in [6, 6.07) is 7.72. The Bertz CT molecular complexity index is 1150. The number of esters is 1. The first kappa shape index (κ1) is 20.3. The molecule has 0 N–H and O–H groups in total. The summed E-state index contributed by atoms with van der Waals surface area (Å²) in [4.78, 5) is 30.5. The monoisotopic (exact) mass is 434 g/mol. The van der Waals surface area contributed by atoms with Crippen LogP contribution in [0, 0.1) is 23.4 Å². The van der Waals surface area contributed by atoms with Gasteiger partial charge in [-0.1, -0.05) is 18.2 Å². The van der Waals surface area contributed by atoms with Crippen LogP contribution in [-0.2, 0) is 27.3 Å². The van der Waals surface area contributed by atoms with E-state index in [0.29, 0.717) is 18.2 Å². The van der Waals surface area contributed by atoms with Gasteiger partial charge in [-0.3, -0.25) is 9.59 Å². The van der Waals surface area contributed by atoms with E-state index < -0.39 is 34.9 Å². The lowest BCUT2D eigenvalue weighted by molar-refractivity contribution is -0.146. The zero-order chi connectivity index (χ0) is 21.4. The van der Waals surface area contributed by atoms with Crippen molar-refractivity contribution >= 4 is 39.1 Å². The van der Waals surface area contributed by atoms with Gasteiger partial charge < -0.3 is 9.64 Å². The Morgan fingerprint density at radius 1 is 1.27 bits per heavy atom. The molecular formula is C21H17F3N2O3S. The summed E-state index contributed by atoms with van der Waals surface area (Å²) in [5.41, 5.74) is 1.12. The van der Waals surface area contributed by atoms with E-state index in [9.17, 15) is 22.8 Å². The van der Waals surface area contributed by atoms with E-state index in [1.165, 1.54) is 4.90 Å². The van der Waals surface area contributed by atoms with E-state index in [1.54, 1.807) is 19.1 Å². The molecule has 2 aromatic carbocycles. The maximum atomic E-state index is 14.0. The summed E-state index contributed by atoms with van der Waals surface area (Å²) in [5, 5.41) is 0.258. The zero-order valence-corrected chi connectivity index (χ0v) is 16.8. The molecule has 0 bridgehead atoms. The lowest BCUT2D eigenvalue weighted by Crippen LogP contribution is -2.41. The van der Waals surface area contributed by atoms with Crippen molar-refractivity contribution in [2.75, 3.05) is 11.5 Å². The highest BCUT2D eigenvalue weighted by molar-refractivity contribution is 7.18. The lowest BCUT2D eigenvalue weighted by atomic mass is 9.89. The van der Waals surface area contributed by atoms with E-state index in [0.717, 1.165) is 16.9 Å². The first-order valence-electron chi connectivity index (χ1n) is 9.36. The molecule has 0 saturated heterocycles. The maximum absolute atomic E-state index is 14.0. The van der Waals surface area contributed by atoms with Gasteiger partial charge in [0.1, 0.15) is 16.3 Å². The molecule has 0 aliphatic carbocycles. The number of hydrogen-bond acceptors (Lipinski definition) is 5. The van der Waals surface area contributed by atoms with Crippen molar-refractivity contribution in [3.05, 3.63) is 58.4 Å². The summed E-state index contributed by atoms with van der Waals surface area (Å²) < 4.78 is 46.5. The minimum absolute atomic E-state index is 0.0466. The molecular weight excluding hydrogens is 417 g/mol. The van der Waals surface area contributed by atoms with Gasteiger partial charge in [0.25, 0.3) is 0 Å². The Hall–Kier alpha value is -2.94. The van der Waals surface area contributed by atoms with Crippen molar-refractivity contribution in [1.29, 1.82) is 0 Å². The Labute approximate surface area is 174 Å². The molecule has 1 unspecified atom stereocenters. The van der Waals surface area contributed by atoms with Gasteiger partial charge in [-0.2, -0.15) is 0 Å². The number of anilines is 1. The van der Waals surface area contributed by atoms with Crippen LogP contribution in [0.25, 0.3) is 10.2 Å². The SMILES string of the molecule is CCOC(=O)CC1Cc2ccccc2N(Cc2nc3c(F)c(F)cc(F)c3s2)C1=O. The van der Waals surface area contributed by atoms with Crippen LogP contribution < -0.4 is 4.90 Å². The van der Waals surface area contributed by atoms with Gasteiger partial charge in [-0.25, -0.2) is 18.2 Å². The van der Waals surface area contributed by atoms with Crippen molar-refractivity contribution in [1.82, 2.24) is 4.98 Å². The van der Waals surface area contributed by atoms with Crippen LogP contribution in [0.3, 0.4) is 0 Å². The van der Waals surface area contributed by atoms with Crippen LogP contribution in [0.5, 0.6) is 0 Å². The molecule has 1 amide bonds. The van der Waals surface area contributed by atoms with Crippen LogP contribution in [0.2, 0.25) is 0 Å². The molecule has 9 heteroatoms. The number of benzene rings is 2. The summed E-state index contributed by atoms with van der Waals surface area (Å²) in [6.07, 6.45) is 0.324. The number of halogens is 3. The quantitative estimate of drug-likeness (QED) is 0.442. The molecule has 3 aromatic rings. The van der Waals surface area contributed by atoms with E-state index in [-0.39, 0.29) is 35.2 Å². The largest absolute Gasteiger partial charge is 0.466 e. The smallest absolute Gasteiger partial charge is 0.306 e. The first-order chi connectivity index (χ1) is 14.4. The number of aromatic nitrogens is 1. The fourth-order valence-electron chi connectivity index (χ4n) is 3.61. The number of carbonyl (C=O) groups excluding carboxylic acids is 2. The van der Waals surface area contributed by atoms with Crippen molar-refractivity contribution < 1.29 is 27.5 Å². The summed E-state index contributed by atoms with van der Waals surface area (Å²) >= 11 is 0.862. The molecule has 0 fully saturated rings. The predicted octanol–water partition coefficient (Wildman–Crippen LogP) is 4.37. The Kier molecular flexibility index (Phi) is 5.46. The molecule has 1 aliphatic rings. The normalized spacial score (nSPS) is 16.1. The third-order valence-electron chi connectivity index (χ3n) is 4.94. The topological polar surface area (TPSA) is 59.5 Å². The summed E-state index contributed by atoms with van der Waals surface area (Å²) in [6.45, 7) is 1.87. The van der Waals surface area contributed by atoms with Crippen LogP contribution in [0.15, 0.2) is 30.3 Å². The van der Waals surface area contributed by atoms with Crippen molar-refractivity contribution in [2.45, 2.75) is 26.3 Å². The van der Waals surface area contributed by atoms with Gasteiger partial charge in [-0.15, -0.1) is 11.3 Å². The van der Waals surface area contributed by atoms with Crippen LogP contribution in [0.1, 0.15) is 23.9 Å². The second-order valence-corrected chi connectivity index (χ2v) is 7.99. The highest BCUT2D eigenvalue weighted by Gasteiger charge is 2.35. The van der Waals surface area contributed by atoms with Crippen LogP contribution in [-0.4, -0.2) is 23.5 Å². The number of carbonyl (C=O) groups is 2. The molecule has 0 saturated carbocycles. The second-order valence-electron chi connectivity index (χ2n) is 6.90. The molecule has 0 spiro atoms. The van der Waals surface area contributed by atoms with Crippen LogP contribution >= 0.6 is 11.3 Å². The molecule has 4 rings (SSSR count). The third kappa shape index (κ3) is 3.65. The second kappa shape index (κ2) is 8.06. The first-order valence-corrected chi connectivity index (χ1v) is 10.2. The number of thiazole rings is 1. The van der Waals surface area contributed by atoms with Gasteiger partial charge in [0.05, 0.1) is 30.2 Å². The Morgan fingerprint density at radius 2 is 2.03 bits per heavy atom. The van der Waals surface area contributed by atoms with Gasteiger partial charge in [0.2, 0.25) is 5.91 Å². The van der Waals surface area contributed by atoms with Crippen molar-refractivity contribution in [3.63, 3.8) is 0 Å². The van der Waals surface area contributed by atoms with Gasteiger partial charge in [0.15, 0.2) is 11.6 Å².